The molecule has 0 aliphatic heterocycles. The molecule has 152 valence electrons. The molecule has 0 aliphatic carbocycles. The summed E-state index contributed by atoms with van der Waals surface area (Å²) in [5.74, 6) is 1.15. The summed E-state index contributed by atoms with van der Waals surface area (Å²) in [5, 5.41) is 0. The van der Waals surface area contributed by atoms with Gasteiger partial charge in [0.2, 0.25) is 0 Å². The van der Waals surface area contributed by atoms with Crippen molar-refractivity contribution in [2.75, 3.05) is 0 Å². The van der Waals surface area contributed by atoms with E-state index in [2.05, 4.69) is 41.5 Å². The molecule has 0 aromatic heterocycles. The molecule has 0 amide bonds. The molecule has 4 heteroatoms. The van der Waals surface area contributed by atoms with Crippen molar-refractivity contribution in [3.63, 3.8) is 0 Å². The third-order valence-corrected chi connectivity index (χ3v) is 4.16. The van der Waals surface area contributed by atoms with E-state index in [0.29, 0.717) is 11.8 Å². The molecule has 4 nitrogen and oxygen atoms in total. The molecule has 25 heavy (non-hydrogen) atoms. The standard InChI is InChI=1S/C21H44O4/c1-16(2)17(3)15-21(12,25-23-19(7,8)9)14-13-20(10,11)24-22-18(4,5)6/h16-17H,13-15H2,1-12H3. The van der Waals surface area contributed by atoms with Gasteiger partial charge in [0.15, 0.2) is 0 Å². The average molecular weight is 361 g/mol. The van der Waals surface area contributed by atoms with Crippen molar-refractivity contribution in [1.29, 1.82) is 0 Å². The first-order valence-corrected chi connectivity index (χ1v) is 9.68. The Morgan fingerprint density at radius 2 is 1.04 bits per heavy atom. The minimum absolute atomic E-state index is 0.321. The molecule has 0 aliphatic rings. The first-order chi connectivity index (χ1) is 10.9. The summed E-state index contributed by atoms with van der Waals surface area (Å²) in [6, 6.07) is 0. The molecule has 0 heterocycles. The Labute approximate surface area is 156 Å². The van der Waals surface area contributed by atoms with Gasteiger partial charge >= 0.3 is 0 Å². The summed E-state index contributed by atoms with van der Waals surface area (Å²) in [5.41, 5.74) is -1.40. The van der Waals surface area contributed by atoms with E-state index in [4.69, 9.17) is 19.6 Å². The van der Waals surface area contributed by atoms with E-state index in [9.17, 15) is 0 Å². The van der Waals surface area contributed by atoms with Crippen LogP contribution in [0, 0.1) is 11.8 Å². The fourth-order valence-corrected chi connectivity index (χ4v) is 2.17. The molecule has 0 rings (SSSR count). The number of hydrogen-bond acceptors (Lipinski definition) is 4. The van der Waals surface area contributed by atoms with Crippen LogP contribution in [0.1, 0.15) is 102 Å². The molecule has 0 spiro atoms. The maximum absolute atomic E-state index is 5.96. The van der Waals surface area contributed by atoms with E-state index < -0.39 is 0 Å². The Kier molecular flexibility index (Phi) is 9.10. The Morgan fingerprint density at radius 3 is 1.44 bits per heavy atom. The highest BCUT2D eigenvalue weighted by molar-refractivity contribution is 4.82. The van der Waals surface area contributed by atoms with Gasteiger partial charge in [0.05, 0.1) is 16.8 Å². The van der Waals surface area contributed by atoms with Crippen molar-refractivity contribution < 1.29 is 19.6 Å². The second-order valence-electron chi connectivity index (χ2n) is 10.7. The zero-order chi connectivity index (χ0) is 20.1. The second kappa shape index (κ2) is 9.16. The maximum Gasteiger partial charge on any atom is 0.101 e. The quantitative estimate of drug-likeness (QED) is 0.330. The van der Waals surface area contributed by atoms with Gasteiger partial charge < -0.3 is 0 Å². The molecule has 0 aromatic rings. The number of hydrogen-bond donors (Lipinski definition) is 0. The van der Waals surface area contributed by atoms with Crippen LogP contribution in [0.15, 0.2) is 0 Å². The highest BCUT2D eigenvalue weighted by atomic mass is 17.2. The molecule has 0 saturated carbocycles. The summed E-state index contributed by atoms with van der Waals surface area (Å²) >= 11 is 0. The Morgan fingerprint density at radius 1 is 0.600 bits per heavy atom. The lowest BCUT2D eigenvalue weighted by Crippen LogP contribution is -2.39. The van der Waals surface area contributed by atoms with Crippen LogP contribution in [0.2, 0.25) is 0 Å². The maximum atomic E-state index is 5.96. The van der Waals surface area contributed by atoms with Gasteiger partial charge in [0.25, 0.3) is 0 Å². The van der Waals surface area contributed by atoms with Gasteiger partial charge in [-0.1, -0.05) is 20.8 Å². The van der Waals surface area contributed by atoms with E-state index in [1.54, 1.807) is 0 Å². The second-order valence-corrected chi connectivity index (χ2v) is 10.7. The van der Waals surface area contributed by atoms with Gasteiger partial charge in [-0.3, -0.25) is 0 Å². The van der Waals surface area contributed by atoms with Crippen molar-refractivity contribution in [2.24, 2.45) is 11.8 Å². The van der Waals surface area contributed by atoms with Gasteiger partial charge in [0.1, 0.15) is 5.60 Å². The normalized spacial score (nSPS) is 17.6. The predicted octanol–water partition coefficient (Wildman–Crippen LogP) is 6.48. The largest absolute Gasteiger partial charge is 0.230 e. The summed E-state index contributed by atoms with van der Waals surface area (Å²) < 4.78 is 0. The molecule has 0 radical (unpaired) electrons. The van der Waals surface area contributed by atoms with Crippen LogP contribution < -0.4 is 0 Å². The Bertz CT molecular complexity index is 376. The predicted molar refractivity (Wildman–Crippen MR) is 104 cm³/mol. The van der Waals surface area contributed by atoms with Crippen LogP contribution in [-0.2, 0) is 19.6 Å². The molecule has 0 N–H and O–H groups in total. The highest BCUT2D eigenvalue weighted by Gasteiger charge is 2.35. The Balaban J connectivity index is 4.91. The van der Waals surface area contributed by atoms with E-state index in [-0.39, 0.29) is 22.4 Å². The van der Waals surface area contributed by atoms with Crippen LogP contribution in [0.25, 0.3) is 0 Å². The van der Waals surface area contributed by atoms with Crippen molar-refractivity contribution in [1.82, 2.24) is 0 Å². The van der Waals surface area contributed by atoms with Gasteiger partial charge in [-0.25, -0.2) is 19.6 Å². The monoisotopic (exact) mass is 360 g/mol. The molecule has 0 aromatic carbocycles. The zero-order valence-corrected chi connectivity index (χ0v) is 18.9. The topological polar surface area (TPSA) is 36.9 Å². The van der Waals surface area contributed by atoms with Gasteiger partial charge in [0, 0.05) is 0 Å². The van der Waals surface area contributed by atoms with Crippen molar-refractivity contribution in [3.8, 4) is 0 Å². The lowest BCUT2D eigenvalue weighted by Gasteiger charge is -2.37. The summed E-state index contributed by atoms with van der Waals surface area (Å²) in [6.45, 7) is 25.0. The van der Waals surface area contributed by atoms with E-state index in [1.807, 2.05) is 41.5 Å². The molecular weight excluding hydrogens is 316 g/mol. The lowest BCUT2D eigenvalue weighted by atomic mass is 9.82. The van der Waals surface area contributed by atoms with E-state index in [0.717, 1.165) is 19.3 Å². The fraction of sp³-hybridized carbons (Fsp3) is 1.00. The van der Waals surface area contributed by atoms with Crippen LogP contribution in [0.3, 0.4) is 0 Å². The number of rotatable bonds is 10. The smallest absolute Gasteiger partial charge is 0.101 e. The zero-order valence-electron chi connectivity index (χ0n) is 18.9. The fourth-order valence-electron chi connectivity index (χ4n) is 2.17. The van der Waals surface area contributed by atoms with Crippen LogP contribution >= 0.6 is 0 Å². The van der Waals surface area contributed by atoms with Crippen molar-refractivity contribution >= 4 is 0 Å². The average Bonchev–Trinajstić information content (AvgIpc) is 2.40. The highest BCUT2D eigenvalue weighted by Crippen LogP contribution is 2.34. The molecule has 2 atom stereocenters. The van der Waals surface area contributed by atoms with Crippen LogP contribution in [0.5, 0.6) is 0 Å². The molecule has 2 unspecified atom stereocenters. The van der Waals surface area contributed by atoms with Crippen LogP contribution in [0.4, 0.5) is 0 Å². The lowest BCUT2D eigenvalue weighted by molar-refractivity contribution is -0.414. The third kappa shape index (κ3) is 12.8. The minimum Gasteiger partial charge on any atom is -0.230 e. The Hall–Kier alpha value is -0.160. The van der Waals surface area contributed by atoms with E-state index >= 15 is 0 Å². The van der Waals surface area contributed by atoms with Gasteiger partial charge in [-0.15, -0.1) is 0 Å². The molecular formula is C21H44O4. The third-order valence-electron chi connectivity index (χ3n) is 4.16. The summed E-state index contributed by atoms with van der Waals surface area (Å²) in [6.07, 6.45) is 2.59. The first-order valence-electron chi connectivity index (χ1n) is 9.68. The molecule has 0 bridgehead atoms. The first kappa shape index (κ1) is 24.8. The van der Waals surface area contributed by atoms with Crippen molar-refractivity contribution in [3.05, 3.63) is 0 Å². The minimum atomic E-state index is -0.388. The SMILES string of the molecule is CC(C)C(C)CC(C)(CCC(C)(C)OOC(C)(C)C)OOC(C)(C)C. The molecule has 0 fully saturated rings. The van der Waals surface area contributed by atoms with Gasteiger partial charge in [-0.2, -0.15) is 0 Å². The van der Waals surface area contributed by atoms with Crippen LogP contribution in [-0.4, -0.2) is 22.4 Å². The summed E-state index contributed by atoms with van der Waals surface area (Å²) in [7, 11) is 0. The summed E-state index contributed by atoms with van der Waals surface area (Å²) in [4.78, 5) is 22.9. The molecule has 0 saturated heterocycles. The van der Waals surface area contributed by atoms with Gasteiger partial charge in [-0.05, 0) is 93.4 Å². The van der Waals surface area contributed by atoms with Crippen molar-refractivity contribution in [2.45, 2.75) is 125 Å². The van der Waals surface area contributed by atoms with E-state index in [1.165, 1.54) is 0 Å².